The highest BCUT2D eigenvalue weighted by Gasteiger charge is 2.21. The van der Waals surface area contributed by atoms with Crippen LogP contribution in [0.5, 0.6) is 0 Å². The van der Waals surface area contributed by atoms with Crippen LogP contribution >= 0.6 is 15.9 Å². The maximum Gasteiger partial charge on any atom is 0.148 e. The fourth-order valence-corrected chi connectivity index (χ4v) is 5.08. The molecular formula is C22H31BrN6O2Si. The first-order valence-electron chi connectivity index (χ1n) is 11.0. The summed E-state index contributed by atoms with van der Waals surface area (Å²) in [6.07, 6.45) is 4.09. The van der Waals surface area contributed by atoms with Crippen LogP contribution < -0.4 is 10.2 Å². The first-order valence-corrected chi connectivity index (χ1v) is 15.5. The molecule has 4 rings (SSSR count). The Labute approximate surface area is 198 Å². The lowest BCUT2D eigenvalue weighted by Crippen LogP contribution is -2.22. The topological polar surface area (TPSA) is 88.3 Å². The van der Waals surface area contributed by atoms with Crippen molar-refractivity contribution in [3.05, 3.63) is 40.9 Å². The number of anilines is 2. The van der Waals surface area contributed by atoms with Crippen LogP contribution in [0.25, 0.3) is 11.0 Å². The fourth-order valence-electron chi connectivity index (χ4n) is 3.72. The van der Waals surface area contributed by atoms with E-state index in [0.29, 0.717) is 19.8 Å². The standard InChI is InChI=1S/C22H31BrN6O2Si/c1-32(2,3)10-9-31-15-29-13-18(23)20-21(25-14-26-22(20)29)24-11-16-5-4-6-19(27-16)28-8-7-17(30)12-28/h4-6,13-14,17,30H,7-12,15H2,1-3H3,(H,24,25,26). The maximum atomic E-state index is 9.80. The average Bonchev–Trinajstić information content (AvgIpc) is 3.33. The molecule has 3 aromatic heterocycles. The van der Waals surface area contributed by atoms with Gasteiger partial charge < -0.3 is 24.6 Å². The Morgan fingerprint density at radius 1 is 1.28 bits per heavy atom. The number of nitrogens with zero attached hydrogens (tertiary/aromatic N) is 5. The summed E-state index contributed by atoms with van der Waals surface area (Å²) >= 11 is 3.66. The molecule has 4 heterocycles. The Hall–Kier alpha value is -2.01. The summed E-state index contributed by atoms with van der Waals surface area (Å²) in [6, 6.07) is 7.12. The second kappa shape index (κ2) is 9.86. The Morgan fingerprint density at radius 3 is 2.88 bits per heavy atom. The molecule has 2 N–H and O–H groups in total. The largest absolute Gasteiger partial charge is 0.391 e. The van der Waals surface area contributed by atoms with E-state index in [2.05, 4.69) is 55.8 Å². The molecule has 0 aromatic carbocycles. The number of halogens is 1. The number of β-amino-alcohol motifs (C(OH)–C–C–N with tert-alkyl or cyclic N) is 1. The van der Waals surface area contributed by atoms with Crippen LogP contribution in [-0.4, -0.2) is 58.5 Å². The number of hydrogen-bond donors (Lipinski definition) is 2. The van der Waals surface area contributed by atoms with E-state index in [1.165, 1.54) is 0 Å². The number of hydrogen-bond acceptors (Lipinski definition) is 7. The average molecular weight is 520 g/mol. The van der Waals surface area contributed by atoms with Crippen LogP contribution in [0.3, 0.4) is 0 Å². The quantitative estimate of drug-likeness (QED) is 0.325. The summed E-state index contributed by atoms with van der Waals surface area (Å²) in [7, 11) is -1.11. The van der Waals surface area contributed by atoms with Crippen molar-refractivity contribution in [1.82, 2.24) is 19.5 Å². The second-order valence-corrected chi connectivity index (χ2v) is 15.9. The fraction of sp³-hybridized carbons (Fsp3) is 0.500. The van der Waals surface area contributed by atoms with Crippen molar-refractivity contribution >= 4 is 46.7 Å². The number of fused-ring (bicyclic) bond motifs is 1. The molecule has 0 spiro atoms. The third-order valence-corrected chi connectivity index (χ3v) is 7.86. The van der Waals surface area contributed by atoms with Crippen molar-refractivity contribution in [3.8, 4) is 0 Å². The molecular weight excluding hydrogens is 488 g/mol. The maximum absolute atomic E-state index is 9.80. The Bertz CT molecular complexity index is 1070. The molecule has 0 aliphatic carbocycles. The smallest absolute Gasteiger partial charge is 0.148 e. The van der Waals surface area contributed by atoms with E-state index in [4.69, 9.17) is 9.72 Å². The van der Waals surface area contributed by atoms with Crippen LogP contribution in [0.1, 0.15) is 12.1 Å². The van der Waals surface area contributed by atoms with Crippen LogP contribution in [0.15, 0.2) is 35.2 Å². The van der Waals surface area contributed by atoms with Gasteiger partial charge in [0.05, 0.1) is 23.7 Å². The molecule has 1 saturated heterocycles. The number of aliphatic hydroxyl groups is 1. The molecule has 0 saturated carbocycles. The summed E-state index contributed by atoms with van der Waals surface area (Å²) in [4.78, 5) is 15.8. The molecule has 0 radical (unpaired) electrons. The van der Waals surface area contributed by atoms with E-state index in [1.54, 1.807) is 6.33 Å². The van der Waals surface area contributed by atoms with Gasteiger partial charge in [0.15, 0.2) is 0 Å². The monoisotopic (exact) mass is 518 g/mol. The Balaban J connectivity index is 1.44. The SMILES string of the molecule is C[Si](C)(C)CCOCn1cc(Br)c2c(NCc3cccc(N4CCC(O)C4)n3)ncnc21. The van der Waals surface area contributed by atoms with Crippen LogP contribution in [-0.2, 0) is 18.0 Å². The van der Waals surface area contributed by atoms with E-state index in [-0.39, 0.29) is 6.10 Å². The van der Waals surface area contributed by atoms with Crippen molar-refractivity contribution in [2.75, 3.05) is 29.9 Å². The highest BCUT2D eigenvalue weighted by atomic mass is 79.9. The van der Waals surface area contributed by atoms with Gasteiger partial charge in [0.2, 0.25) is 0 Å². The van der Waals surface area contributed by atoms with Gasteiger partial charge >= 0.3 is 0 Å². The van der Waals surface area contributed by atoms with Crippen LogP contribution in [0, 0.1) is 0 Å². The van der Waals surface area contributed by atoms with E-state index in [1.807, 2.05) is 29.0 Å². The normalized spacial score (nSPS) is 16.8. The molecule has 1 unspecified atom stereocenters. The van der Waals surface area contributed by atoms with Crippen LogP contribution in [0.2, 0.25) is 25.7 Å². The van der Waals surface area contributed by atoms with Gasteiger partial charge in [-0.25, -0.2) is 15.0 Å². The van der Waals surface area contributed by atoms with Crippen molar-refractivity contribution in [3.63, 3.8) is 0 Å². The molecule has 8 nitrogen and oxygen atoms in total. The van der Waals surface area contributed by atoms with Gasteiger partial charge in [-0.1, -0.05) is 25.7 Å². The molecule has 0 bridgehead atoms. The van der Waals surface area contributed by atoms with Crippen molar-refractivity contribution in [2.24, 2.45) is 0 Å². The highest BCUT2D eigenvalue weighted by molar-refractivity contribution is 9.10. The van der Waals surface area contributed by atoms with Gasteiger partial charge in [0, 0.05) is 38.4 Å². The van der Waals surface area contributed by atoms with Crippen molar-refractivity contribution < 1.29 is 9.84 Å². The summed E-state index contributed by atoms with van der Waals surface area (Å²) in [5.41, 5.74) is 1.75. The molecule has 0 amide bonds. The van der Waals surface area contributed by atoms with Gasteiger partial charge in [-0.2, -0.15) is 0 Å². The number of rotatable bonds is 9. The lowest BCUT2D eigenvalue weighted by Gasteiger charge is -2.17. The summed E-state index contributed by atoms with van der Waals surface area (Å²) in [5.74, 6) is 1.66. The number of nitrogens with one attached hydrogen (secondary N) is 1. The molecule has 32 heavy (non-hydrogen) atoms. The first-order chi connectivity index (χ1) is 15.3. The summed E-state index contributed by atoms with van der Waals surface area (Å²) < 4.78 is 8.86. The minimum absolute atomic E-state index is 0.270. The molecule has 3 aromatic rings. The Morgan fingerprint density at radius 2 is 2.12 bits per heavy atom. The van der Waals surface area contributed by atoms with E-state index in [0.717, 1.165) is 58.5 Å². The zero-order valence-corrected chi connectivity index (χ0v) is 21.5. The zero-order valence-electron chi connectivity index (χ0n) is 18.9. The van der Waals surface area contributed by atoms with E-state index in [9.17, 15) is 5.11 Å². The van der Waals surface area contributed by atoms with E-state index >= 15 is 0 Å². The molecule has 1 fully saturated rings. The third-order valence-electron chi connectivity index (χ3n) is 5.55. The van der Waals surface area contributed by atoms with Crippen LogP contribution in [0.4, 0.5) is 11.6 Å². The number of aromatic nitrogens is 4. The minimum Gasteiger partial charge on any atom is -0.391 e. The predicted molar refractivity (Wildman–Crippen MR) is 134 cm³/mol. The summed E-state index contributed by atoms with van der Waals surface area (Å²) in [5, 5.41) is 14.1. The third kappa shape index (κ3) is 5.66. The molecule has 10 heteroatoms. The number of pyridine rings is 1. The first kappa shape index (κ1) is 23.2. The summed E-state index contributed by atoms with van der Waals surface area (Å²) in [6.45, 7) is 10.3. The molecule has 1 aliphatic rings. The van der Waals surface area contributed by atoms with Gasteiger partial charge in [-0.05, 0) is 40.5 Å². The highest BCUT2D eigenvalue weighted by Crippen LogP contribution is 2.30. The lowest BCUT2D eigenvalue weighted by molar-refractivity contribution is 0.0898. The van der Waals surface area contributed by atoms with Gasteiger partial charge in [-0.3, -0.25) is 0 Å². The number of aliphatic hydroxyl groups excluding tert-OH is 1. The van der Waals surface area contributed by atoms with Gasteiger partial charge in [0.25, 0.3) is 0 Å². The number of ether oxygens (including phenoxy) is 1. The van der Waals surface area contributed by atoms with Gasteiger partial charge in [-0.15, -0.1) is 0 Å². The van der Waals surface area contributed by atoms with Crippen molar-refractivity contribution in [1.29, 1.82) is 0 Å². The van der Waals surface area contributed by atoms with Crippen molar-refractivity contribution in [2.45, 2.75) is 51.5 Å². The molecule has 1 atom stereocenters. The zero-order chi connectivity index (χ0) is 22.7. The van der Waals surface area contributed by atoms with E-state index < -0.39 is 8.07 Å². The minimum atomic E-state index is -1.11. The second-order valence-electron chi connectivity index (χ2n) is 9.44. The molecule has 1 aliphatic heterocycles. The van der Waals surface area contributed by atoms with Gasteiger partial charge in [0.1, 0.15) is 30.3 Å². The molecule has 172 valence electrons. The predicted octanol–water partition coefficient (Wildman–Crippen LogP) is 4.08. The lowest BCUT2D eigenvalue weighted by atomic mass is 10.3. The Kier molecular flexibility index (Phi) is 7.13.